The van der Waals surface area contributed by atoms with E-state index in [9.17, 15) is 4.79 Å². The fourth-order valence-corrected chi connectivity index (χ4v) is 2.57. The first kappa shape index (κ1) is 15.0. The zero-order valence-electron chi connectivity index (χ0n) is 13.1. The van der Waals surface area contributed by atoms with Crippen LogP contribution in [0.4, 0.5) is 0 Å². The number of hydrogen-bond donors (Lipinski definition) is 1. The van der Waals surface area contributed by atoms with Gasteiger partial charge < -0.3 is 9.73 Å². The van der Waals surface area contributed by atoms with Crippen LogP contribution in [0, 0.1) is 13.8 Å². The lowest BCUT2D eigenvalue weighted by Gasteiger charge is -2.21. The first-order chi connectivity index (χ1) is 11.1. The molecule has 116 valence electrons. The summed E-state index contributed by atoms with van der Waals surface area (Å²) in [4.78, 5) is 16.6. The van der Waals surface area contributed by atoms with E-state index >= 15 is 0 Å². The zero-order chi connectivity index (χ0) is 16.2. The van der Waals surface area contributed by atoms with Crippen molar-refractivity contribution >= 4 is 5.91 Å². The lowest BCUT2D eigenvalue weighted by molar-refractivity contribution is 0.0915. The van der Waals surface area contributed by atoms with Crippen molar-refractivity contribution in [3.8, 4) is 0 Å². The highest BCUT2D eigenvalue weighted by molar-refractivity contribution is 5.92. The molecule has 3 aromatic rings. The summed E-state index contributed by atoms with van der Waals surface area (Å²) in [5, 5.41) is 3.05. The highest BCUT2D eigenvalue weighted by Gasteiger charge is 2.21. The van der Waals surface area contributed by atoms with Gasteiger partial charge >= 0.3 is 0 Å². The predicted octanol–water partition coefficient (Wildman–Crippen LogP) is 3.81. The largest absolute Gasteiger partial charge is 0.459 e. The maximum absolute atomic E-state index is 12.4. The van der Waals surface area contributed by atoms with Crippen molar-refractivity contribution in [1.82, 2.24) is 10.3 Å². The van der Waals surface area contributed by atoms with Crippen LogP contribution in [-0.4, -0.2) is 10.9 Å². The van der Waals surface area contributed by atoms with Crippen molar-refractivity contribution in [2.24, 2.45) is 0 Å². The van der Waals surface area contributed by atoms with Crippen LogP contribution >= 0.6 is 0 Å². The molecule has 0 aliphatic heterocycles. The number of aryl methyl sites for hydroxylation is 2. The number of rotatable bonds is 4. The number of carbonyl (C=O) groups excluding carboxylic acids is 1. The monoisotopic (exact) mass is 306 g/mol. The third kappa shape index (κ3) is 3.31. The molecule has 0 aliphatic carbocycles. The lowest BCUT2D eigenvalue weighted by atomic mass is 9.94. The van der Waals surface area contributed by atoms with Gasteiger partial charge in [-0.3, -0.25) is 9.78 Å². The average molecular weight is 306 g/mol. The second-order valence-electron chi connectivity index (χ2n) is 5.53. The molecule has 23 heavy (non-hydrogen) atoms. The van der Waals surface area contributed by atoms with E-state index in [1.54, 1.807) is 24.5 Å². The van der Waals surface area contributed by atoms with Gasteiger partial charge in [0.05, 0.1) is 12.3 Å². The first-order valence-electron chi connectivity index (χ1n) is 7.46. The Balaban J connectivity index is 2.00. The molecule has 0 radical (unpaired) electrons. The van der Waals surface area contributed by atoms with E-state index in [4.69, 9.17) is 4.42 Å². The van der Waals surface area contributed by atoms with Gasteiger partial charge in [-0.1, -0.05) is 29.8 Å². The summed E-state index contributed by atoms with van der Waals surface area (Å²) >= 11 is 0. The molecule has 4 nitrogen and oxygen atoms in total. The smallest absolute Gasteiger partial charge is 0.287 e. The molecule has 1 aromatic carbocycles. The van der Waals surface area contributed by atoms with Crippen LogP contribution < -0.4 is 5.32 Å². The van der Waals surface area contributed by atoms with Crippen LogP contribution in [0.25, 0.3) is 0 Å². The van der Waals surface area contributed by atoms with Crippen LogP contribution in [0.15, 0.2) is 65.5 Å². The van der Waals surface area contributed by atoms with Crippen LogP contribution in [0.1, 0.15) is 38.9 Å². The van der Waals surface area contributed by atoms with Crippen LogP contribution in [0.5, 0.6) is 0 Å². The van der Waals surface area contributed by atoms with Crippen LogP contribution in [0.3, 0.4) is 0 Å². The molecule has 2 heterocycles. The molecule has 1 amide bonds. The fraction of sp³-hybridized carbons (Fsp3) is 0.158. The Morgan fingerprint density at radius 1 is 1.17 bits per heavy atom. The van der Waals surface area contributed by atoms with Crippen LogP contribution in [-0.2, 0) is 0 Å². The molecular formula is C19H18N2O2. The third-order valence-corrected chi connectivity index (χ3v) is 3.78. The Kier molecular flexibility index (Phi) is 4.24. The summed E-state index contributed by atoms with van der Waals surface area (Å²) in [6.07, 6.45) is 4.98. The molecule has 0 bridgehead atoms. The second kappa shape index (κ2) is 6.48. The molecule has 0 aliphatic rings. The number of nitrogens with one attached hydrogen (secondary N) is 1. The van der Waals surface area contributed by atoms with E-state index in [1.807, 2.05) is 26.0 Å². The molecular weight excluding hydrogens is 288 g/mol. The number of amides is 1. The van der Waals surface area contributed by atoms with E-state index in [0.29, 0.717) is 5.76 Å². The maximum atomic E-state index is 12.4. The Labute approximate surface area is 135 Å². The highest BCUT2D eigenvalue weighted by Crippen LogP contribution is 2.26. The minimum atomic E-state index is -0.277. The molecule has 4 heteroatoms. The topological polar surface area (TPSA) is 55.1 Å². The Bertz CT molecular complexity index is 796. The second-order valence-corrected chi connectivity index (χ2v) is 5.53. The van der Waals surface area contributed by atoms with Gasteiger partial charge in [0, 0.05) is 12.4 Å². The minimum absolute atomic E-state index is 0.246. The number of hydrogen-bond acceptors (Lipinski definition) is 3. The molecule has 0 spiro atoms. The number of benzene rings is 1. The van der Waals surface area contributed by atoms with Gasteiger partial charge in [-0.05, 0) is 48.7 Å². The number of pyridine rings is 1. The zero-order valence-corrected chi connectivity index (χ0v) is 13.1. The lowest BCUT2D eigenvalue weighted by Crippen LogP contribution is -2.29. The SMILES string of the molecule is Cc1ccc(C)c([C@H](NC(=O)c2ccco2)c2cccnc2)c1. The number of furan rings is 1. The van der Waals surface area contributed by atoms with Gasteiger partial charge in [-0.2, -0.15) is 0 Å². The minimum Gasteiger partial charge on any atom is -0.459 e. The standard InChI is InChI=1S/C19H18N2O2/c1-13-7-8-14(2)16(11-13)18(15-5-3-9-20-12-15)21-19(22)17-6-4-10-23-17/h3-12,18H,1-2H3,(H,21,22)/t18-/m1/s1. The Hall–Kier alpha value is -2.88. The van der Waals surface area contributed by atoms with Crippen molar-refractivity contribution in [2.75, 3.05) is 0 Å². The normalized spacial score (nSPS) is 11.9. The summed E-state index contributed by atoms with van der Waals surface area (Å²) in [5.41, 5.74) is 4.25. The average Bonchev–Trinajstić information content (AvgIpc) is 3.10. The Morgan fingerprint density at radius 2 is 2.04 bits per heavy atom. The number of nitrogens with zero attached hydrogens (tertiary/aromatic N) is 1. The fourth-order valence-electron chi connectivity index (χ4n) is 2.57. The molecule has 0 saturated heterocycles. The van der Waals surface area contributed by atoms with E-state index < -0.39 is 0 Å². The summed E-state index contributed by atoms with van der Waals surface area (Å²) in [5.74, 6) is 0.0500. The van der Waals surface area contributed by atoms with Crippen molar-refractivity contribution in [1.29, 1.82) is 0 Å². The van der Waals surface area contributed by atoms with Gasteiger partial charge in [-0.25, -0.2) is 0 Å². The van der Waals surface area contributed by atoms with E-state index in [2.05, 4.69) is 28.5 Å². The van der Waals surface area contributed by atoms with Gasteiger partial charge in [0.1, 0.15) is 0 Å². The van der Waals surface area contributed by atoms with Crippen molar-refractivity contribution in [3.63, 3.8) is 0 Å². The molecule has 2 aromatic heterocycles. The highest BCUT2D eigenvalue weighted by atomic mass is 16.3. The molecule has 0 fully saturated rings. The third-order valence-electron chi connectivity index (χ3n) is 3.78. The van der Waals surface area contributed by atoms with Crippen molar-refractivity contribution in [2.45, 2.75) is 19.9 Å². The quantitative estimate of drug-likeness (QED) is 0.797. The summed E-state index contributed by atoms with van der Waals surface area (Å²) in [6, 6.07) is 13.1. The summed E-state index contributed by atoms with van der Waals surface area (Å²) in [7, 11) is 0. The molecule has 1 N–H and O–H groups in total. The predicted molar refractivity (Wildman–Crippen MR) is 88.2 cm³/mol. The molecule has 0 saturated carbocycles. The van der Waals surface area contributed by atoms with E-state index in [-0.39, 0.29) is 11.9 Å². The van der Waals surface area contributed by atoms with Gasteiger partial charge in [0.25, 0.3) is 5.91 Å². The molecule has 1 atom stereocenters. The van der Waals surface area contributed by atoms with Crippen molar-refractivity contribution < 1.29 is 9.21 Å². The van der Waals surface area contributed by atoms with Crippen LogP contribution in [0.2, 0.25) is 0 Å². The van der Waals surface area contributed by atoms with E-state index in [0.717, 1.165) is 22.3 Å². The number of carbonyl (C=O) groups is 1. The molecule has 0 unspecified atom stereocenters. The maximum Gasteiger partial charge on any atom is 0.287 e. The Morgan fingerprint density at radius 3 is 2.74 bits per heavy atom. The van der Waals surface area contributed by atoms with Gasteiger partial charge in [-0.15, -0.1) is 0 Å². The van der Waals surface area contributed by atoms with Gasteiger partial charge in [0.15, 0.2) is 5.76 Å². The van der Waals surface area contributed by atoms with Gasteiger partial charge in [0.2, 0.25) is 0 Å². The summed E-state index contributed by atoms with van der Waals surface area (Å²) in [6.45, 7) is 4.08. The molecule has 3 rings (SSSR count). The first-order valence-corrected chi connectivity index (χ1v) is 7.46. The summed E-state index contributed by atoms with van der Waals surface area (Å²) < 4.78 is 5.19. The number of aromatic nitrogens is 1. The van der Waals surface area contributed by atoms with Crippen molar-refractivity contribution in [3.05, 3.63) is 89.1 Å². The van der Waals surface area contributed by atoms with E-state index in [1.165, 1.54) is 6.26 Å².